The van der Waals surface area contributed by atoms with E-state index in [1.54, 1.807) is 11.3 Å². The van der Waals surface area contributed by atoms with Crippen molar-refractivity contribution in [3.05, 3.63) is 11.1 Å². The van der Waals surface area contributed by atoms with Gasteiger partial charge in [-0.05, 0) is 6.92 Å². The summed E-state index contributed by atoms with van der Waals surface area (Å²) in [5.74, 6) is 0. The molecular weight excluding hydrogens is 241 g/mol. The first-order valence-electron chi connectivity index (χ1n) is 4.24. The van der Waals surface area contributed by atoms with E-state index in [1.807, 2.05) is 6.92 Å². The number of halogens is 2. The average Bonchev–Trinajstić information content (AvgIpc) is 2.54. The standard InChI is InChI=1S/C8H13N3S.2ClH/c1-7-6-12-8(10-7)11-4-2-9-3-5-11;;/h6,9H,2-5H2,1H3;2*1H. The summed E-state index contributed by atoms with van der Waals surface area (Å²) in [5.41, 5.74) is 1.13. The lowest BCUT2D eigenvalue weighted by Gasteiger charge is -2.26. The summed E-state index contributed by atoms with van der Waals surface area (Å²) in [6.45, 7) is 6.39. The molecule has 1 aliphatic heterocycles. The van der Waals surface area contributed by atoms with Gasteiger partial charge < -0.3 is 10.2 Å². The zero-order valence-corrected chi connectivity index (χ0v) is 10.5. The number of aryl methyl sites for hydroxylation is 1. The molecule has 1 aromatic heterocycles. The fourth-order valence-corrected chi connectivity index (χ4v) is 2.20. The number of rotatable bonds is 1. The van der Waals surface area contributed by atoms with E-state index >= 15 is 0 Å². The zero-order valence-electron chi connectivity index (χ0n) is 8.02. The third kappa shape index (κ3) is 3.28. The van der Waals surface area contributed by atoms with Gasteiger partial charge in [-0.2, -0.15) is 0 Å². The molecule has 14 heavy (non-hydrogen) atoms. The molecule has 0 amide bonds. The van der Waals surface area contributed by atoms with Crippen molar-refractivity contribution in [1.29, 1.82) is 0 Å². The summed E-state index contributed by atoms with van der Waals surface area (Å²) >= 11 is 1.74. The first-order valence-corrected chi connectivity index (χ1v) is 5.12. The van der Waals surface area contributed by atoms with Crippen molar-refractivity contribution in [3.8, 4) is 0 Å². The fourth-order valence-electron chi connectivity index (χ4n) is 1.34. The van der Waals surface area contributed by atoms with Crippen LogP contribution >= 0.6 is 36.2 Å². The highest BCUT2D eigenvalue weighted by Gasteiger charge is 2.12. The molecule has 1 aliphatic rings. The van der Waals surface area contributed by atoms with Crippen LogP contribution in [0.4, 0.5) is 5.13 Å². The van der Waals surface area contributed by atoms with Crippen molar-refractivity contribution in [2.24, 2.45) is 0 Å². The molecular formula is C8H15Cl2N3S. The second-order valence-electron chi connectivity index (χ2n) is 3.01. The minimum absolute atomic E-state index is 0. The van der Waals surface area contributed by atoms with Crippen LogP contribution in [-0.2, 0) is 0 Å². The van der Waals surface area contributed by atoms with E-state index in [2.05, 4.69) is 20.6 Å². The SMILES string of the molecule is Cc1csc(N2CCNCC2)n1.Cl.Cl. The van der Waals surface area contributed by atoms with Crippen LogP contribution in [0.5, 0.6) is 0 Å². The summed E-state index contributed by atoms with van der Waals surface area (Å²) < 4.78 is 0. The second-order valence-corrected chi connectivity index (χ2v) is 3.85. The maximum Gasteiger partial charge on any atom is 0.185 e. The highest BCUT2D eigenvalue weighted by atomic mass is 35.5. The van der Waals surface area contributed by atoms with Crippen LogP contribution < -0.4 is 10.2 Å². The highest BCUT2D eigenvalue weighted by molar-refractivity contribution is 7.13. The van der Waals surface area contributed by atoms with Crippen molar-refractivity contribution in [2.45, 2.75) is 6.92 Å². The lowest BCUT2D eigenvalue weighted by atomic mass is 10.4. The number of hydrogen-bond donors (Lipinski definition) is 1. The molecule has 1 saturated heterocycles. The first-order chi connectivity index (χ1) is 5.86. The van der Waals surface area contributed by atoms with E-state index in [4.69, 9.17) is 0 Å². The Balaban J connectivity index is 0.000000845. The number of nitrogens with zero attached hydrogens (tertiary/aromatic N) is 2. The van der Waals surface area contributed by atoms with Crippen molar-refractivity contribution in [2.75, 3.05) is 31.1 Å². The largest absolute Gasteiger partial charge is 0.346 e. The minimum atomic E-state index is 0. The predicted octanol–water partition coefficient (Wildman–Crippen LogP) is 1.70. The summed E-state index contributed by atoms with van der Waals surface area (Å²) in [5, 5.41) is 6.61. The van der Waals surface area contributed by atoms with Gasteiger partial charge in [-0.3, -0.25) is 0 Å². The molecule has 0 aliphatic carbocycles. The third-order valence-electron chi connectivity index (χ3n) is 1.99. The first kappa shape index (κ1) is 14.0. The van der Waals surface area contributed by atoms with Gasteiger partial charge in [0.1, 0.15) is 0 Å². The minimum Gasteiger partial charge on any atom is -0.346 e. The van der Waals surface area contributed by atoms with Crippen molar-refractivity contribution < 1.29 is 0 Å². The number of nitrogens with one attached hydrogen (secondary N) is 1. The highest BCUT2D eigenvalue weighted by Crippen LogP contribution is 2.19. The Hall–Kier alpha value is -0.0300. The van der Waals surface area contributed by atoms with Gasteiger partial charge in [-0.25, -0.2) is 4.98 Å². The Kier molecular flexibility index (Phi) is 6.44. The molecule has 6 heteroatoms. The third-order valence-corrected chi connectivity index (χ3v) is 3.01. The van der Waals surface area contributed by atoms with Crippen molar-refractivity contribution in [3.63, 3.8) is 0 Å². The molecule has 82 valence electrons. The Bertz CT molecular complexity index is 261. The molecule has 0 radical (unpaired) electrons. The number of thiazole rings is 1. The Morgan fingerprint density at radius 1 is 1.36 bits per heavy atom. The number of piperazine rings is 1. The lowest BCUT2D eigenvalue weighted by molar-refractivity contribution is 0.588. The van der Waals surface area contributed by atoms with Gasteiger partial charge in [0.25, 0.3) is 0 Å². The van der Waals surface area contributed by atoms with Crippen LogP contribution in [0.1, 0.15) is 5.69 Å². The number of hydrogen-bond acceptors (Lipinski definition) is 4. The topological polar surface area (TPSA) is 28.2 Å². The van der Waals surface area contributed by atoms with E-state index in [0.29, 0.717) is 0 Å². The maximum absolute atomic E-state index is 4.45. The quantitative estimate of drug-likeness (QED) is 0.829. The molecule has 0 saturated carbocycles. The number of aromatic nitrogens is 1. The van der Waals surface area contributed by atoms with E-state index in [-0.39, 0.29) is 24.8 Å². The predicted molar refractivity (Wildman–Crippen MR) is 66.4 cm³/mol. The van der Waals surface area contributed by atoms with Gasteiger partial charge in [-0.15, -0.1) is 36.2 Å². The summed E-state index contributed by atoms with van der Waals surface area (Å²) in [6.07, 6.45) is 0. The molecule has 2 heterocycles. The molecule has 0 bridgehead atoms. The summed E-state index contributed by atoms with van der Waals surface area (Å²) in [4.78, 5) is 6.79. The van der Waals surface area contributed by atoms with E-state index in [0.717, 1.165) is 31.9 Å². The fraction of sp³-hybridized carbons (Fsp3) is 0.625. The molecule has 0 spiro atoms. The second kappa shape index (κ2) is 6.45. The Labute approximate surface area is 101 Å². The number of anilines is 1. The lowest BCUT2D eigenvalue weighted by Crippen LogP contribution is -2.43. The molecule has 0 aromatic carbocycles. The van der Waals surface area contributed by atoms with Crippen LogP contribution in [0.25, 0.3) is 0 Å². The molecule has 0 unspecified atom stereocenters. The van der Waals surface area contributed by atoms with Gasteiger partial charge >= 0.3 is 0 Å². The van der Waals surface area contributed by atoms with E-state index in [1.165, 1.54) is 5.13 Å². The summed E-state index contributed by atoms with van der Waals surface area (Å²) in [6, 6.07) is 0. The van der Waals surface area contributed by atoms with Gasteiger partial charge in [-0.1, -0.05) is 0 Å². The van der Waals surface area contributed by atoms with Gasteiger partial charge in [0.2, 0.25) is 0 Å². The van der Waals surface area contributed by atoms with E-state index < -0.39 is 0 Å². The van der Waals surface area contributed by atoms with Gasteiger partial charge in [0.05, 0.1) is 5.69 Å². The maximum atomic E-state index is 4.45. The van der Waals surface area contributed by atoms with Crippen LogP contribution in [0.15, 0.2) is 5.38 Å². The molecule has 3 nitrogen and oxygen atoms in total. The molecule has 1 aromatic rings. The van der Waals surface area contributed by atoms with Gasteiger partial charge in [0, 0.05) is 31.6 Å². The average molecular weight is 256 g/mol. The zero-order chi connectivity index (χ0) is 8.39. The van der Waals surface area contributed by atoms with Crippen LogP contribution in [0, 0.1) is 6.92 Å². The van der Waals surface area contributed by atoms with Crippen molar-refractivity contribution in [1.82, 2.24) is 10.3 Å². The molecule has 1 N–H and O–H groups in total. The van der Waals surface area contributed by atoms with Crippen LogP contribution in [-0.4, -0.2) is 31.2 Å². The van der Waals surface area contributed by atoms with Crippen LogP contribution in [0.3, 0.4) is 0 Å². The summed E-state index contributed by atoms with van der Waals surface area (Å²) in [7, 11) is 0. The molecule has 0 atom stereocenters. The van der Waals surface area contributed by atoms with Crippen LogP contribution in [0.2, 0.25) is 0 Å². The molecule has 2 rings (SSSR count). The van der Waals surface area contributed by atoms with Gasteiger partial charge in [0.15, 0.2) is 5.13 Å². The Morgan fingerprint density at radius 2 is 2.00 bits per heavy atom. The van der Waals surface area contributed by atoms with Crippen molar-refractivity contribution >= 4 is 41.3 Å². The van der Waals surface area contributed by atoms with E-state index in [9.17, 15) is 0 Å². The molecule has 1 fully saturated rings. The Morgan fingerprint density at radius 3 is 2.50 bits per heavy atom. The smallest absolute Gasteiger partial charge is 0.185 e. The normalized spacial score (nSPS) is 15.6. The monoisotopic (exact) mass is 255 g/mol.